The van der Waals surface area contributed by atoms with Crippen LogP contribution in [0.15, 0.2) is 39.9 Å². The van der Waals surface area contributed by atoms with E-state index < -0.39 is 11.2 Å². The Hall–Kier alpha value is -2.91. The van der Waals surface area contributed by atoms with Gasteiger partial charge in [-0.1, -0.05) is 44.2 Å². The minimum Gasteiger partial charge on any atom is -0.383 e. The molecule has 2 heterocycles. The van der Waals surface area contributed by atoms with Crippen LogP contribution in [-0.2, 0) is 16.1 Å². The molecule has 9 heteroatoms. The van der Waals surface area contributed by atoms with E-state index in [1.807, 2.05) is 30.3 Å². The Morgan fingerprint density at radius 3 is 2.47 bits per heavy atom. The average molecular weight is 444 g/mol. The molecule has 2 atom stereocenters. The number of aromatic nitrogens is 2. The lowest BCUT2D eigenvalue weighted by atomic mass is 9.92. The minimum absolute atomic E-state index is 0.0133. The SMILES string of the molecule is COCCN(C(=O)CN1C[C@H](C)C[C@@H](C)C1)c1c(N)n(Cc2ccccc2)c(=O)[nH]c1=O. The highest BCUT2D eigenvalue weighted by Gasteiger charge is 2.28. The normalized spacial score (nSPS) is 19.1. The number of anilines is 2. The average Bonchev–Trinajstić information content (AvgIpc) is 2.73. The molecule has 0 saturated carbocycles. The zero-order valence-corrected chi connectivity index (χ0v) is 19.0. The predicted octanol–water partition coefficient (Wildman–Crippen LogP) is 1.12. The molecule has 1 amide bonds. The quantitative estimate of drug-likeness (QED) is 0.632. The summed E-state index contributed by atoms with van der Waals surface area (Å²) in [6.07, 6.45) is 1.13. The molecule has 2 aromatic rings. The fraction of sp³-hybridized carbons (Fsp3) is 0.522. The van der Waals surface area contributed by atoms with Gasteiger partial charge in [0.1, 0.15) is 5.82 Å². The summed E-state index contributed by atoms with van der Waals surface area (Å²) >= 11 is 0. The number of nitrogen functional groups attached to an aromatic ring is 1. The summed E-state index contributed by atoms with van der Waals surface area (Å²) in [7, 11) is 1.53. The molecule has 1 fully saturated rings. The van der Waals surface area contributed by atoms with Crippen LogP contribution in [0.5, 0.6) is 0 Å². The highest BCUT2D eigenvalue weighted by molar-refractivity contribution is 5.96. The van der Waals surface area contributed by atoms with Gasteiger partial charge in [0.2, 0.25) is 5.91 Å². The van der Waals surface area contributed by atoms with Gasteiger partial charge in [-0.25, -0.2) is 4.79 Å². The summed E-state index contributed by atoms with van der Waals surface area (Å²) in [5.41, 5.74) is 5.86. The minimum atomic E-state index is -0.679. The number of piperidine rings is 1. The molecule has 0 spiro atoms. The summed E-state index contributed by atoms with van der Waals surface area (Å²) in [5, 5.41) is 0. The number of carbonyl (C=O) groups excluding carboxylic acids is 1. The molecule has 9 nitrogen and oxygen atoms in total. The van der Waals surface area contributed by atoms with Crippen molar-refractivity contribution in [2.45, 2.75) is 26.8 Å². The van der Waals surface area contributed by atoms with Crippen molar-refractivity contribution in [2.24, 2.45) is 11.8 Å². The number of ether oxygens (including phenoxy) is 1. The Labute approximate surface area is 187 Å². The molecule has 1 aromatic heterocycles. The fourth-order valence-electron chi connectivity index (χ4n) is 4.50. The Balaban J connectivity index is 1.94. The number of hydrogen-bond donors (Lipinski definition) is 2. The standard InChI is InChI=1S/C23H33N5O4/c1-16-11-17(2)13-26(12-16)15-19(29)27(9-10-32-3)20-21(24)28(23(31)25-22(20)30)14-18-7-5-4-6-8-18/h4-8,16-17H,9-15,24H2,1-3H3,(H,25,30,31)/t16-,17-/m1/s1. The molecular formula is C23H33N5O4. The number of aromatic amines is 1. The Kier molecular flexibility index (Phi) is 7.87. The zero-order chi connectivity index (χ0) is 23.3. The highest BCUT2D eigenvalue weighted by atomic mass is 16.5. The lowest BCUT2D eigenvalue weighted by molar-refractivity contribution is -0.120. The second-order valence-corrected chi connectivity index (χ2v) is 8.74. The van der Waals surface area contributed by atoms with E-state index in [2.05, 4.69) is 23.7 Å². The molecule has 3 rings (SSSR count). The largest absolute Gasteiger partial charge is 0.383 e. The molecule has 3 N–H and O–H groups in total. The summed E-state index contributed by atoms with van der Waals surface area (Å²) in [4.78, 5) is 44.4. The van der Waals surface area contributed by atoms with E-state index in [0.29, 0.717) is 11.8 Å². The zero-order valence-electron chi connectivity index (χ0n) is 19.0. The van der Waals surface area contributed by atoms with Gasteiger partial charge in [-0.15, -0.1) is 0 Å². The van der Waals surface area contributed by atoms with Gasteiger partial charge in [0.25, 0.3) is 5.56 Å². The van der Waals surface area contributed by atoms with Crippen LogP contribution in [0.25, 0.3) is 0 Å². The molecular weight excluding hydrogens is 410 g/mol. The van der Waals surface area contributed by atoms with Crippen LogP contribution in [-0.4, -0.2) is 60.3 Å². The number of methoxy groups -OCH3 is 1. The summed E-state index contributed by atoms with van der Waals surface area (Å²) in [5.74, 6) is 0.721. The Morgan fingerprint density at radius 1 is 1.19 bits per heavy atom. The van der Waals surface area contributed by atoms with E-state index in [1.165, 1.54) is 16.6 Å². The smallest absolute Gasteiger partial charge is 0.330 e. The van der Waals surface area contributed by atoms with Crippen molar-refractivity contribution < 1.29 is 9.53 Å². The molecule has 1 aromatic carbocycles. The van der Waals surface area contributed by atoms with Crippen molar-refractivity contribution in [3.8, 4) is 0 Å². The summed E-state index contributed by atoms with van der Waals surface area (Å²) in [6, 6.07) is 9.32. The first-order chi connectivity index (χ1) is 15.3. The number of nitrogens with zero attached hydrogens (tertiary/aromatic N) is 3. The summed E-state index contributed by atoms with van der Waals surface area (Å²) < 4.78 is 6.45. The third-order valence-electron chi connectivity index (χ3n) is 5.79. The van der Waals surface area contributed by atoms with Crippen LogP contribution >= 0.6 is 0 Å². The van der Waals surface area contributed by atoms with Crippen molar-refractivity contribution in [3.05, 3.63) is 56.7 Å². The molecule has 1 aliphatic rings. The third-order valence-corrected chi connectivity index (χ3v) is 5.79. The maximum atomic E-state index is 13.3. The van der Waals surface area contributed by atoms with E-state index in [9.17, 15) is 14.4 Å². The predicted molar refractivity (Wildman–Crippen MR) is 125 cm³/mol. The number of nitrogens with one attached hydrogen (secondary N) is 1. The van der Waals surface area contributed by atoms with Crippen LogP contribution in [0.2, 0.25) is 0 Å². The first-order valence-electron chi connectivity index (χ1n) is 11.0. The molecule has 1 aliphatic heterocycles. The first-order valence-corrected chi connectivity index (χ1v) is 11.0. The number of H-pyrrole nitrogens is 1. The van der Waals surface area contributed by atoms with Gasteiger partial charge in [0, 0.05) is 26.7 Å². The number of likely N-dealkylation sites (tertiary alicyclic amines) is 1. The Bertz CT molecular complexity index is 1020. The van der Waals surface area contributed by atoms with Gasteiger partial charge < -0.3 is 15.4 Å². The van der Waals surface area contributed by atoms with Crippen LogP contribution < -0.4 is 21.9 Å². The topological polar surface area (TPSA) is 114 Å². The second-order valence-electron chi connectivity index (χ2n) is 8.74. The van der Waals surface area contributed by atoms with Gasteiger partial charge in [-0.3, -0.25) is 24.0 Å². The second kappa shape index (κ2) is 10.6. The van der Waals surface area contributed by atoms with Gasteiger partial charge in [-0.2, -0.15) is 0 Å². The van der Waals surface area contributed by atoms with Crippen molar-refractivity contribution in [1.82, 2.24) is 14.5 Å². The number of nitrogens with two attached hydrogens (primary N) is 1. The maximum Gasteiger partial charge on any atom is 0.330 e. The van der Waals surface area contributed by atoms with E-state index in [4.69, 9.17) is 10.5 Å². The van der Waals surface area contributed by atoms with Crippen molar-refractivity contribution in [2.75, 3.05) is 50.5 Å². The van der Waals surface area contributed by atoms with E-state index in [0.717, 1.165) is 25.1 Å². The van der Waals surface area contributed by atoms with Gasteiger partial charge in [0.15, 0.2) is 5.69 Å². The lowest BCUT2D eigenvalue weighted by Crippen LogP contribution is -2.49. The van der Waals surface area contributed by atoms with E-state index in [1.54, 1.807) is 0 Å². The highest BCUT2D eigenvalue weighted by Crippen LogP contribution is 2.22. The van der Waals surface area contributed by atoms with E-state index in [-0.39, 0.29) is 43.7 Å². The third kappa shape index (κ3) is 5.66. The van der Waals surface area contributed by atoms with Crippen LogP contribution in [0.1, 0.15) is 25.8 Å². The molecule has 0 aliphatic carbocycles. The maximum absolute atomic E-state index is 13.3. The van der Waals surface area contributed by atoms with Crippen LogP contribution in [0.4, 0.5) is 11.5 Å². The number of rotatable bonds is 8. The molecule has 1 saturated heterocycles. The molecule has 32 heavy (non-hydrogen) atoms. The van der Waals surface area contributed by atoms with E-state index >= 15 is 0 Å². The Morgan fingerprint density at radius 2 is 1.84 bits per heavy atom. The lowest BCUT2D eigenvalue weighted by Gasteiger charge is -2.35. The number of amides is 1. The molecule has 0 bridgehead atoms. The molecule has 174 valence electrons. The van der Waals surface area contributed by atoms with Crippen molar-refractivity contribution in [3.63, 3.8) is 0 Å². The molecule has 0 unspecified atom stereocenters. The van der Waals surface area contributed by atoms with Crippen molar-refractivity contribution >= 4 is 17.4 Å². The van der Waals surface area contributed by atoms with Crippen molar-refractivity contribution in [1.29, 1.82) is 0 Å². The van der Waals surface area contributed by atoms with Gasteiger partial charge in [0.05, 0.1) is 19.7 Å². The van der Waals surface area contributed by atoms with Crippen LogP contribution in [0, 0.1) is 11.8 Å². The number of carbonyl (C=O) groups is 1. The number of benzene rings is 1. The monoisotopic (exact) mass is 443 g/mol. The van der Waals surface area contributed by atoms with Gasteiger partial charge >= 0.3 is 5.69 Å². The van der Waals surface area contributed by atoms with Crippen LogP contribution in [0.3, 0.4) is 0 Å². The number of hydrogen-bond acceptors (Lipinski definition) is 6. The van der Waals surface area contributed by atoms with Gasteiger partial charge in [-0.05, 0) is 23.8 Å². The fourth-order valence-corrected chi connectivity index (χ4v) is 4.50. The molecule has 0 radical (unpaired) electrons. The first kappa shape index (κ1) is 23.7. The summed E-state index contributed by atoms with van der Waals surface area (Å²) in [6.45, 7) is 6.76.